The van der Waals surface area contributed by atoms with Crippen LogP contribution in [0.5, 0.6) is 0 Å². The molecule has 0 aromatic rings. The molecule has 0 spiro atoms. The Hall–Kier alpha value is -0.620. The zero-order valence-electron chi connectivity index (χ0n) is 12.3. The number of hydrogen-bond donors (Lipinski definition) is 1. The van der Waals surface area contributed by atoms with Crippen LogP contribution < -0.4 is 5.32 Å². The standard InChI is InChI=1S/C14H26N2O3S/c1-20(18,19)16-11-5-9-13(16)14(17)15-10-4-8-12-6-2-3-7-12/h12-13H,2-11H2,1H3,(H,15,17). The van der Waals surface area contributed by atoms with Gasteiger partial charge in [0.25, 0.3) is 0 Å². The SMILES string of the molecule is CS(=O)(=O)N1CCCC1C(=O)NCCCC1CCCC1. The Morgan fingerprint density at radius 3 is 2.55 bits per heavy atom. The first-order valence-electron chi connectivity index (χ1n) is 7.73. The summed E-state index contributed by atoms with van der Waals surface area (Å²) >= 11 is 0. The lowest BCUT2D eigenvalue weighted by atomic mass is 10.0. The summed E-state index contributed by atoms with van der Waals surface area (Å²) in [7, 11) is -3.27. The predicted molar refractivity (Wildman–Crippen MR) is 78.8 cm³/mol. The van der Waals surface area contributed by atoms with Gasteiger partial charge >= 0.3 is 0 Å². The van der Waals surface area contributed by atoms with Crippen LogP contribution in [0.4, 0.5) is 0 Å². The number of rotatable bonds is 6. The van der Waals surface area contributed by atoms with Crippen LogP contribution in [0.3, 0.4) is 0 Å². The molecule has 6 heteroatoms. The van der Waals surface area contributed by atoms with Crippen LogP contribution >= 0.6 is 0 Å². The van der Waals surface area contributed by atoms with Crippen molar-refractivity contribution in [2.24, 2.45) is 5.92 Å². The molecule has 1 aliphatic carbocycles. The fourth-order valence-electron chi connectivity index (χ4n) is 3.42. The van der Waals surface area contributed by atoms with Crippen LogP contribution in [0.1, 0.15) is 51.4 Å². The van der Waals surface area contributed by atoms with Crippen LogP contribution in [0, 0.1) is 5.92 Å². The zero-order valence-corrected chi connectivity index (χ0v) is 13.1. The molecule has 0 bridgehead atoms. The summed E-state index contributed by atoms with van der Waals surface area (Å²) < 4.78 is 24.5. The molecular weight excluding hydrogens is 276 g/mol. The largest absolute Gasteiger partial charge is 0.355 e. The molecule has 1 amide bonds. The van der Waals surface area contributed by atoms with E-state index >= 15 is 0 Å². The first kappa shape index (κ1) is 15.8. The van der Waals surface area contributed by atoms with Gasteiger partial charge in [-0.1, -0.05) is 25.7 Å². The maximum atomic E-state index is 12.1. The number of carbonyl (C=O) groups excluding carboxylic acids is 1. The van der Waals surface area contributed by atoms with Gasteiger partial charge in [-0.25, -0.2) is 8.42 Å². The molecule has 1 saturated heterocycles. The third-order valence-corrected chi connectivity index (χ3v) is 5.78. The highest BCUT2D eigenvalue weighted by Crippen LogP contribution is 2.28. The molecule has 2 rings (SSSR count). The minimum atomic E-state index is -3.27. The number of nitrogens with zero attached hydrogens (tertiary/aromatic N) is 1. The maximum absolute atomic E-state index is 12.1. The normalized spacial score (nSPS) is 25.1. The summed E-state index contributed by atoms with van der Waals surface area (Å²) in [6.45, 7) is 1.14. The van der Waals surface area contributed by atoms with Gasteiger partial charge < -0.3 is 5.32 Å². The zero-order chi connectivity index (χ0) is 14.6. The van der Waals surface area contributed by atoms with Crippen LogP contribution in [0.2, 0.25) is 0 Å². The summed E-state index contributed by atoms with van der Waals surface area (Å²) in [6.07, 6.45) is 10.1. The topological polar surface area (TPSA) is 66.5 Å². The summed E-state index contributed by atoms with van der Waals surface area (Å²) in [6, 6.07) is -0.489. The lowest BCUT2D eigenvalue weighted by Gasteiger charge is -2.21. The molecule has 1 atom stereocenters. The highest BCUT2D eigenvalue weighted by atomic mass is 32.2. The second-order valence-corrected chi connectivity index (χ2v) is 8.05. The first-order chi connectivity index (χ1) is 9.48. The van der Waals surface area contributed by atoms with E-state index in [1.54, 1.807) is 0 Å². The van der Waals surface area contributed by atoms with E-state index in [-0.39, 0.29) is 5.91 Å². The number of hydrogen-bond acceptors (Lipinski definition) is 3. The van der Waals surface area contributed by atoms with E-state index in [0.717, 1.165) is 18.8 Å². The molecular formula is C14H26N2O3S. The van der Waals surface area contributed by atoms with Gasteiger partial charge in [0.15, 0.2) is 0 Å². The molecule has 0 aromatic carbocycles. The summed E-state index contributed by atoms with van der Waals surface area (Å²) in [5, 5.41) is 2.91. The van der Waals surface area contributed by atoms with E-state index in [2.05, 4.69) is 5.32 Å². The van der Waals surface area contributed by atoms with Crippen molar-refractivity contribution in [2.75, 3.05) is 19.3 Å². The van der Waals surface area contributed by atoms with Gasteiger partial charge in [0.05, 0.1) is 6.26 Å². The minimum absolute atomic E-state index is 0.126. The summed E-state index contributed by atoms with van der Waals surface area (Å²) in [4.78, 5) is 12.1. The maximum Gasteiger partial charge on any atom is 0.238 e. The van der Waals surface area contributed by atoms with Gasteiger partial charge in [-0.15, -0.1) is 0 Å². The Balaban J connectivity index is 1.71. The molecule has 1 aliphatic heterocycles. The van der Waals surface area contributed by atoms with Crippen molar-refractivity contribution in [3.63, 3.8) is 0 Å². The van der Waals surface area contributed by atoms with Crippen LogP contribution in [-0.2, 0) is 14.8 Å². The van der Waals surface area contributed by atoms with Crippen molar-refractivity contribution in [1.29, 1.82) is 0 Å². The van der Waals surface area contributed by atoms with Gasteiger partial charge in [0.2, 0.25) is 15.9 Å². The Morgan fingerprint density at radius 1 is 1.20 bits per heavy atom. The number of sulfonamides is 1. The smallest absolute Gasteiger partial charge is 0.238 e. The Morgan fingerprint density at radius 2 is 1.90 bits per heavy atom. The number of carbonyl (C=O) groups is 1. The average Bonchev–Trinajstić information content (AvgIpc) is 3.03. The van der Waals surface area contributed by atoms with E-state index in [9.17, 15) is 13.2 Å². The van der Waals surface area contributed by atoms with Crippen molar-refractivity contribution < 1.29 is 13.2 Å². The minimum Gasteiger partial charge on any atom is -0.355 e. The molecule has 0 radical (unpaired) electrons. The molecule has 1 heterocycles. The summed E-state index contributed by atoms with van der Waals surface area (Å²) in [5.41, 5.74) is 0. The van der Waals surface area contributed by atoms with Gasteiger partial charge in [-0.3, -0.25) is 4.79 Å². The fourth-order valence-corrected chi connectivity index (χ4v) is 4.54. The Bertz CT molecular complexity index is 430. The third kappa shape index (κ3) is 4.19. The average molecular weight is 302 g/mol. The van der Waals surface area contributed by atoms with Gasteiger partial charge in [0.1, 0.15) is 6.04 Å². The molecule has 0 aromatic heterocycles. The van der Waals surface area contributed by atoms with E-state index in [0.29, 0.717) is 19.5 Å². The second kappa shape index (κ2) is 6.89. The number of amides is 1. The molecule has 5 nitrogen and oxygen atoms in total. The summed E-state index contributed by atoms with van der Waals surface area (Å²) in [5.74, 6) is 0.713. The molecule has 116 valence electrons. The lowest BCUT2D eigenvalue weighted by molar-refractivity contribution is -0.124. The Kier molecular flexibility index (Phi) is 5.43. The van der Waals surface area contributed by atoms with E-state index in [1.165, 1.54) is 42.7 Å². The second-order valence-electron chi connectivity index (χ2n) is 6.12. The number of nitrogens with one attached hydrogen (secondary N) is 1. The fraction of sp³-hybridized carbons (Fsp3) is 0.929. The van der Waals surface area contributed by atoms with Crippen molar-refractivity contribution in [2.45, 2.75) is 57.4 Å². The van der Waals surface area contributed by atoms with Crippen LogP contribution in [0.15, 0.2) is 0 Å². The van der Waals surface area contributed by atoms with Crippen molar-refractivity contribution >= 4 is 15.9 Å². The molecule has 1 saturated carbocycles. The van der Waals surface area contributed by atoms with Crippen molar-refractivity contribution in [1.82, 2.24) is 9.62 Å². The monoisotopic (exact) mass is 302 g/mol. The van der Waals surface area contributed by atoms with E-state index in [1.807, 2.05) is 0 Å². The molecule has 1 unspecified atom stereocenters. The van der Waals surface area contributed by atoms with E-state index in [4.69, 9.17) is 0 Å². The van der Waals surface area contributed by atoms with Crippen molar-refractivity contribution in [3.8, 4) is 0 Å². The van der Waals surface area contributed by atoms with Gasteiger partial charge in [0, 0.05) is 13.1 Å². The molecule has 20 heavy (non-hydrogen) atoms. The van der Waals surface area contributed by atoms with Crippen LogP contribution in [-0.4, -0.2) is 44.0 Å². The predicted octanol–water partition coefficient (Wildman–Crippen LogP) is 1.50. The van der Waals surface area contributed by atoms with E-state index < -0.39 is 16.1 Å². The molecule has 1 N–H and O–H groups in total. The van der Waals surface area contributed by atoms with Crippen LogP contribution in [0.25, 0.3) is 0 Å². The first-order valence-corrected chi connectivity index (χ1v) is 9.58. The quantitative estimate of drug-likeness (QED) is 0.756. The molecule has 2 aliphatic rings. The lowest BCUT2D eigenvalue weighted by Crippen LogP contribution is -2.45. The highest BCUT2D eigenvalue weighted by molar-refractivity contribution is 7.88. The third-order valence-electron chi connectivity index (χ3n) is 4.50. The molecule has 2 fully saturated rings. The van der Waals surface area contributed by atoms with Gasteiger partial charge in [-0.2, -0.15) is 4.31 Å². The highest BCUT2D eigenvalue weighted by Gasteiger charge is 2.36. The van der Waals surface area contributed by atoms with Crippen molar-refractivity contribution in [3.05, 3.63) is 0 Å². The van der Waals surface area contributed by atoms with Gasteiger partial charge in [-0.05, 0) is 31.6 Å². The Labute approximate surface area is 122 Å².